The Kier molecular flexibility index (Phi) is 7.15. The fraction of sp³-hybridized carbons (Fsp3) is 0.850. The van der Waals surface area contributed by atoms with Crippen LogP contribution in [0.3, 0.4) is 0 Å². The average Bonchev–Trinajstić information content (AvgIpc) is 2.62. The number of hydrogen-bond acceptors (Lipinski definition) is 4. The highest BCUT2D eigenvalue weighted by Crippen LogP contribution is 2.60. The zero-order valence-corrected chi connectivity index (χ0v) is 17.8. The second-order valence-corrected chi connectivity index (χ2v) is 9.47. The smallest absolute Gasteiger partial charge is 0.238 e. The normalized spacial score (nSPS) is 31.1. The Hall–Kier alpha value is -1.41. The molecule has 7 nitrogen and oxygen atoms in total. The lowest BCUT2D eigenvalue weighted by Crippen LogP contribution is -2.53. The van der Waals surface area contributed by atoms with Gasteiger partial charge in [-0.1, -0.05) is 0 Å². The average molecular weight is 411 g/mol. The third-order valence-electron chi connectivity index (χ3n) is 6.50. The Balaban J connectivity index is 1.30. The van der Waals surface area contributed by atoms with E-state index in [2.05, 4.69) is 21.5 Å². The van der Waals surface area contributed by atoms with Crippen LogP contribution < -0.4 is 21.5 Å². The van der Waals surface area contributed by atoms with Crippen LogP contribution >= 0.6 is 12.2 Å². The highest BCUT2D eigenvalue weighted by molar-refractivity contribution is 7.80. The monoisotopic (exact) mass is 410 g/mol. The molecule has 158 valence electrons. The number of thiocarbonyl (C=S) groups is 1. The predicted molar refractivity (Wildman–Crippen MR) is 111 cm³/mol. The Morgan fingerprint density at radius 3 is 2.29 bits per heavy atom. The quantitative estimate of drug-likeness (QED) is 0.276. The van der Waals surface area contributed by atoms with Crippen LogP contribution in [0, 0.1) is 23.2 Å². The lowest BCUT2D eigenvalue weighted by Gasteiger charge is -2.55. The second-order valence-electron chi connectivity index (χ2n) is 9.06. The minimum absolute atomic E-state index is 0.0571. The standard InChI is InChI=1S/C20H34N4O3S/c1-13(12-27-2)22-19(28)24-23-17(25)4-3-5-21-18(26)20-9-14-6-15(10-20)8-16(7-14)11-20/h13-16H,3-12H2,1-2H3,(H,21,26)(H,23,25)(H2,22,24,28)/t13-,14?,15?,16?,20?/m0/s1. The molecule has 0 aromatic carbocycles. The SMILES string of the molecule is COC[C@H](C)NC(=S)NNC(=O)CCCNC(=O)C12CC3CC(CC(C3)C1)C2. The van der Waals surface area contributed by atoms with Crippen LogP contribution in [-0.4, -0.2) is 43.2 Å². The topological polar surface area (TPSA) is 91.5 Å². The summed E-state index contributed by atoms with van der Waals surface area (Å²) in [5.41, 5.74) is 5.15. The zero-order chi connectivity index (χ0) is 20.1. The molecule has 0 aromatic rings. The second kappa shape index (κ2) is 9.39. The lowest BCUT2D eigenvalue weighted by atomic mass is 9.49. The summed E-state index contributed by atoms with van der Waals surface area (Å²) in [5.74, 6) is 2.36. The van der Waals surface area contributed by atoms with E-state index < -0.39 is 0 Å². The summed E-state index contributed by atoms with van der Waals surface area (Å²) in [6.07, 6.45) is 8.17. The molecule has 8 heteroatoms. The van der Waals surface area contributed by atoms with Crippen molar-refractivity contribution in [2.24, 2.45) is 23.2 Å². The van der Waals surface area contributed by atoms with Gasteiger partial charge in [0.1, 0.15) is 0 Å². The summed E-state index contributed by atoms with van der Waals surface area (Å²) in [6, 6.07) is 0.0571. The summed E-state index contributed by atoms with van der Waals surface area (Å²) in [6.45, 7) is 3.01. The number of nitrogens with one attached hydrogen (secondary N) is 4. The molecule has 4 N–H and O–H groups in total. The zero-order valence-electron chi connectivity index (χ0n) is 17.0. The van der Waals surface area contributed by atoms with Gasteiger partial charge in [0.05, 0.1) is 6.61 Å². The van der Waals surface area contributed by atoms with Gasteiger partial charge in [-0.15, -0.1) is 0 Å². The van der Waals surface area contributed by atoms with Gasteiger partial charge in [0.15, 0.2) is 5.11 Å². The third kappa shape index (κ3) is 5.35. The van der Waals surface area contributed by atoms with Gasteiger partial charge in [-0.05, 0) is 81.8 Å². The van der Waals surface area contributed by atoms with Crippen LogP contribution in [0.15, 0.2) is 0 Å². The van der Waals surface area contributed by atoms with Crippen molar-refractivity contribution in [3.8, 4) is 0 Å². The maximum atomic E-state index is 12.9. The first-order valence-electron chi connectivity index (χ1n) is 10.5. The maximum absolute atomic E-state index is 12.9. The first-order chi connectivity index (χ1) is 13.4. The van der Waals surface area contributed by atoms with Crippen molar-refractivity contribution < 1.29 is 14.3 Å². The number of hydrogen-bond donors (Lipinski definition) is 4. The molecule has 28 heavy (non-hydrogen) atoms. The molecule has 0 heterocycles. The van der Waals surface area contributed by atoms with Gasteiger partial charge < -0.3 is 15.4 Å². The van der Waals surface area contributed by atoms with Crippen molar-refractivity contribution in [2.45, 2.75) is 64.3 Å². The van der Waals surface area contributed by atoms with Gasteiger partial charge in [-0.2, -0.15) is 0 Å². The van der Waals surface area contributed by atoms with E-state index in [0.717, 1.165) is 37.0 Å². The Labute approximate surface area is 173 Å². The van der Waals surface area contributed by atoms with Gasteiger partial charge in [0, 0.05) is 31.5 Å². The Bertz CT molecular complexity index is 563. The van der Waals surface area contributed by atoms with Crippen molar-refractivity contribution in [3.63, 3.8) is 0 Å². The van der Waals surface area contributed by atoms with Crippen molar-refractivity contribution in [2.75, 3.05) is 20.3 Å². The van der Waals surface area contributed by atoms with E-state index in [4.69, 9.17) is 17.0 Å². The Morgan fingerprint density at radius 2 is 1.71 bits per heavy atom. The van der Waals surface area contributed by atoms with Crippen molar-refractivity contribution >= 4 is 29.1 Å². The van der Waals surface area contributed by atoms with Gasteiger partial charge in [0.2, 0.25) is 11.8 Å². The molecule has 0 aromatic heterocycles. The molecule has 0 spiro atoms. The fourth-order valence-corrected chi connectivity index (χ4v) is 6.02. The number of ether oxygens (including phenoxy) is 1. The molecule has 0 radical (unpaired) electrons. The van der Waals surface area contributed by atoms with Crippen molar-refractivity contribution in [1.29, 1.82) is 0 Å². The van der Waals surface area contributed by atoms with E-state index in [0.29, 0.717) is 31.1 Å². The molecular formula is C20H34N4O3S. The van der Waals surface area contributed by atoms with E-state index >= 15 is 0 Å². The number of hydrazine groups is 1. The fourth-order valence-electron chi connectivity index (χ4n) is 5.77. The van der Waals surface area contributed by atoms with E-state index in [9.17, 15) is 9.59 Å². The van der Waals surface area contributed by atoms with Gasteiger partial charge in [0.25, 0.3) is 0 Å². The summed E-state index contributed by atoms with van der Waals surface area (Å²) >= 11 is 5.11. The minimum Gasteiger partial charge on any atom is -0.383 e. The van der Waals surface area contributed by atoms with Crippen molar-refractivity contribution in [1.82, 2.24) is 21.5 Å². The van der Waals surface area contributed by atoms with Crippen LogP contribution in [0.25, 0.3) is 0 Å². The van der Waals surface area contributed by atoms with Gasteiger partial charge >= 0.3 is 0 Å². The molecule has 4 bridgehead atoms. The van der Waals surface area contributed by atoms with E-state index in [1.807, 2.05) is 6.92 Å². The van der Waals surface area contributed by atoms with Crippen molar-refractivity contribution in [3.05, 3.63) is 0 Å². The highest BCUT2D eigenvalue weighted by atomic mass is 32.1. The van der Waals surface area contributed by atoms with E-state index in [1.54, 1.807) is 7.11 Å². The van der Waals surface area contributed by atoms with E-state index in [-0.39, 0.29) is 23.3 Å². The highest BCUT2D eigenvalue weighted by Gasteiger charge is 2.54. The van der Waals surface area contributed by atoms with E-state index in [1.165, 1.54) is 19.3 Å². The summed E-state index contributed by atoms with van der Waals surface area (Å²) in [5, 5.41) is 6.47. The summed E-state index contributed by atoms with van der Waals surface area (Å²) < 4.78 is 5.02. The maximum Gasteiger partial charge on any atom is 0.238 e. The molecule has 4 aliphatic carbocycles. The molecule has 4 aliphatic rings. The summed E-state index contributed by atoms with van der Waals surface area (Å²) in [4.78, 5) is 24.8. The first-order valence-corrected chi connectivity index (χ1v) is 10.9. The molecule has 1 atom stereocenters. The molecule has 0 saturated heterocycles. The predicted octanol–water partition coefficient (Wildman–Crippen LogP) is 1.63. The molecule has 4 fully saturated rings. The number of rotatable bonds is 8. The summed E-state index contributed by atoms with van der Waals surface area (Å²) in [7, 11) is 1.62. The molecule has 0 aliphatic heterocycles. The first kappa shape index (κ1) is 21.3. The number of methoxy groups -OCH3 is 1. The number of amides is 2. The molecular weight excluding hydrogens is 376 g/mol. The van der Waals surface area contributed by atoms with Crippen LogP contribution in [-0.2, 0) is 14.3 Å². The molecule has 4 rings (SSSR count). The molecule has 0 unspecified atom stereocenters. The van der Waals surface area contributed by atoms with Gasteiger partial charge in [-0.25, -0.2) is 0 Å². The number of carbonyl (C=O) groups is 2. The largest absolute Gasteiger partial charge is 0.383 e. The lowest BCUT2D eigenvalue weighted by molar-refractivity contribution is -0.146. The van der Waals surface area contributed by atoms with Crippen LogP contribution in [0.1, 0.15) is 58.3 Å². The van der Waals surface area contributed by atoms with Crippen LogP contribution in [0.4, 0.5) is 0 Å². The van der Waals surface area contributed by atoms with Gasteiger partial charge in [-0.3, -0.25) is 20.4 Å². The minimum atomic E-state index is -0.146. The van der Waals surface area contributed by atoms with Crippen LogP contribution in [0.5, 0.6) is 0 Å². The van der Waals surface area contributed by atoms with Crippen LogP contribution in [0.2, 0.25) is 0 Å². The Morgan fingerprint density at radius 1 is 1.11 bits per heavy atom. The third-order valence-corrected chi connectivity index (χ3v) is 6.72. The molecule has 4 saturated carbocycles. The molecule has 2 amide bonds. The number of carbonyl (C=O) groups excluding carboxylic acids is 2.